The van der Waals surface area contributed by atoms with E-state index in [-0.39, 0.29) is 11.2 Å². The van der Waals surface area contributed by atoms with Crippen LogP contribution in [0.5, 0.6) is 5.75 Å². The minimum atomic E-state index is -3.03. The summed E-state index contributed by atoms with van der Waals surface area (Å²) < 4.78 is 45.8. The molecule has 1 unspecified atom stereocenters. The van der Waals surface area contributed by atoms with E-state index >= 15 is 0 Å². The van der Waals surface area contributed by atoms with Crippen molar-refractivity contribution in [1.82, 2.24) is 0 Å². The van der Waals surface area contributed by atoms with Crippen LogP contribution in [-0.4, -0.2) is 36.2 Å². The first kappa shape index (κ1) is 17.4. The Bertz CT molecular complexity index is 643. The summed E-state index contributed by atoms with van der Waals surface area (Å²) in [5.74, 6) is -1.25. The third-order valence-electron chi connectivity index (χ3n) is 3.88. The Kier molecular flexibility index (Phi) is 4.46. The maximum Gasteiger partial charge on any atom is 0.335 e. The van der Waals surface area contributed by atoms with Gasteiger partial charge in [-0.15, -0.1) is 0 Å². The predicted octanol–water partition coefficient (Wildman–Crippen LogP) is 3.86. The molecule has 1 aliphatic heterocycles. The van der Waals surface area contributed by atoms with Crippen LogP contribution in [0.15, 0.2) is 23.8 Å². The standard InChI is InChI=1S/C17H19F3O3/c1-16(2,3)11-5-4-10-6-12(15(21)22)14(23-13(10)7-11)17(20,8-18)9-19/h4-7,14H,8-9H2,1-3H3,(H,21,22). The van der Waals surface area contributed by atoms with E-state index in [4.69, 9.17) is 4.74 Å². The number of halogens is 3. The van der Waals surface area contributed by atoms with Gasteiger partial charge >= 0.3 is 5.97 Å². The van der Waals surface area contributed by atoms with E-state index in [1.165, 1.54) is 6.08 Å². The smallest absolute Gasteiger partial charge is 0.335 e. The molecule has 2 rings (SSSR count). The molecule has 0 bridgehead atoms. The van der Waals surface area contributed by atoms with Crippen molar-refractivity contribution >= 4 is 12.0 Å². The molecule has 0 amide bonds. The third-order valence-corrected chi connectivity index (χ3v) is 3.88. The fraction of sp³-hybridized carbons (Fsp3) is 0.471. The Balaban J connectivity index is 2.54. The van der Waals surface area contributed by atoms with E-state index in [0.29, 0.717) is 5.56 Å². The van der Waals surface area contributed by atoms with E-state index in [1.54, 1.807) is 12.1 Å². The quantitative estimate of drug-likeness (QED) is 0.913. The molecule has 0 saturated heterocycles. The van der Waals surface area contributed by atoms with Gasteiger partial charge in [0.15, 0.2) is 6.10 Å². The lowest BCUT2D eigenvalue weighted by molar-refractivity contribution is -0.135. The van der Waals surface area contributed by atoms with Crippen LogP contribution in [0.2, 0.25) is 0 Å². The molecule has 0 aromatic heterocycles. The molecule has 3 nitrogen and oxygen atoms in total. The summed E-state index contributed by atoms with van der Waals surface area (Å²) in [5, 5.41) is 9.21. The van der Waals surface area contributed by atoms with Gasteiger partial charge in [-0.3, -0.25) is 0 Å². The van der Waals surface area contributed by atoms with Crippen LogP contribution in [0.1, 0.15) is 31.9 Å². The molecule has 1 aliphatic rings. The van der Waals surface area contributed by atoms with Gasteiger partial charge in [0.25, 0.3) is 0 Å². The third kappa shape index (κ3) is 3.21. The van der Waals surface area contributed by atoms with Crippen LogP contribution in [0.4, 0.5) is 13.2 Å². The highest BCUT2D eigenvalue weighted by molar-refractivity contribution is 5.95. The van der Waals surface area contributed by atoms with Gasteiger partial charge in [0.1, 0.15) is 19.1 Å². The topological polar surface area (TPSA) is 46.5 Å². The number of benzene rings is 1. The molecular weight excluding hydrogens is 309 g/mol. The Morgan fingerprint density at radius 1 is 1.26 bits per heavy atom. The minimum absolute atomic E-state index is 0.211. The number of alkyl halides is 3. The number of rotatable bonds is 4. The number of ether oxygens (including phenoxy) is 1. The molecule has 1 heterocycles. The molecule has 1 N–H and O–H groups in total. The Labute approximate surface area is 132 Å². The lowest BCUT2D eigenvalue weighted by Gasteiger charge is -2.34. The summed E-state index contributed by atoms with van der Waals surface area (Å²) in [6.07, 6.45) is -0.629. The molecule has 0 spiro atoms. The zero-order chi connectivity index (χ0) is 17.4. The van der Waals surface area contributed by atoms with Gasteiger partial charge in [0, 0.05) is 5.56 Å². The van der Waals surface area contributed by atoms with Crippen LogP contribution in [-0.2, 0) is 10.2 Å². The van der Waals surface area contributed by atoms with Crippen LogP contribution in [0, 0.1) is 0 Å². The van der Waals surface area contributed by atoms with Crippen LogP contribution < -0.4 is 4.74 Å². The fourth-order valence-electron chi connectivity index (χ4n) is 2.39. The molecule has 1 aromatic carbocycles. The number of carboxylic acids is 1. The number of carbonyl (C=O) groups is 1. The van der Waals surface area contributed by atoms with Crippen molar-refractivity contribution in [2.45, 2.75) is 38.0 Å². The number of hydrogen-bond acceptors (Lipinski definition) is 2. The summed E-state index contributed by atoms with van der Waals surface area (Å²) in [5.41, 5.74) is -2.42. The van der Waals surface area contributed by atoms with Gasteiger partial charge in [-0.2, -0.15) is 0 Å². The average Bonchev–Trinajstić information content (AvgIpc) is 2.51. The highest BCUT2D eigenvalue weighted by Crippen LogP contribution is 2.38. The van der Waals surface area contributed by atoms with E-state index in [2.05, 4.69) is 0 Å². The monoisotopic (exact) mass is 328 g/mol. The summed E-state index contributed by atoms with van der Waals surface area (Å²) in [6.45, 7) is 2.56. The van der Waals surface area contributed by atoms with Gasteiger partial charge in [-0.1, -0.05) is 32.9 Å². The number of fused-ring (bicyclic) bond motifs is 1. The number of hydrogen-bond donors (Lipinski definition) is 1. The average molecular weight is 328 g/mol. The maximum absolute atomic E-state index is 14.4. The van der Waals surface area contributed by atoms with Crippen molar-refractivity contribution in [1.29, 1.82) is 0 Å². The SMILES string of the molecule is CC(C)(C)c1ccc2c(c1)OC(C(F)(CF)CF)C(C(=O)O)=C2. The lowest BCUT2D eigenvalue weighted by atomic mass is 9.85. The summed E-state index contributed by atoms with van der Waals surface area (Å²) in [4.78, 5) is 11.3. The predicted molar refractivity (Wildman–Crippen MR) is 81.0 cm³/mol. The fourth-order valence-corrected chi connectivity index (χ4v) is 2.39. The minimum Gasteiger partial charge on any atom is -0.481 e. The molecule has 126 valence electrons. The first-order chi connectivity index (χ1) is 10.6. The molecule has 0 aliphatic carbocycles. The maximum atomic E-state index is 14.4. The van der Waals surface area contributed by atoms with Crippen LogP contribution in [0.3, 0.4) is 0 Å². The molecule has 1 aromatic rings. The van der Waals surface area contributed by atoms with Crippen molar-refractivity contribution in [3.63, 3.8) is 0 Å². The second kappa shape index (κ2) is 5.91. The highest BCUT2D eigenvalue weighted by atomic mass is 19.2. The van der Waals surface area contributed by atoms with E-state index in [1.807, 2.05) is 26.8 Å². The molecule has 0 radical (unpaired) electrons. The van der Waals surface area contributed by atoms with Crippen molar-refractivity contribution in [3.8, 4) is 5.75 Å². The summed E-state index contributed by atoms with van der Waals surface area (Å²) in [6, 6.07) is 5.11. The normalized spacial score (nSPS) is 18.0. The molecule has 23 heavy (non-hydrogen) atoms. The van der Waals surface area contributed by atoms with Gasteiger partial charge in [0.05, 0.1) is 5.57 Å². The van der Waals surface area contributed by atoms with Crippen molar-refractivity contribution in [3.05, 3.63) is 34.9 Å². The summed E-state index contributed by atoms with van der Waals surface area (Å²) in [7, 11) is 0. The number of aliphatic carboxylic acids is 1. The van der Waals surface area contributed by atoms with Crippen LogP contribution >= 0.6 is 0 Å². The van der Waals surface area contributed by atoms with Crippen molar-refractivity contribution in [2.75, 3.05) is 13.3 Å². The molecule has 0 fully saturated rings. The van der Waals surface area contributed by atoms with Crippen molar-refractivity contribution < 1.29 is 27.8 Å². The van der Waals surface area contributed by atoms with Gasteiger partial charge < -0.3 is 9.84 Å². The first-order valence-electron chi connectivity index (χ1n) is 7.19. The molecule has 1 atom stereocenters. The first-order valence-corrected chi connectivity index (χ1v) is 7.19. The summed E-state index contributed by atoms with van der Waals surface area (Å²) >= 11 is 0. The highest BCUT2D eigenvalue weighted by Gasteiger charge is 2.47. The largest absolute Gasteiger partial charge is 0.481 e. The van der Waals surface area contributed by atoms with Gasteiger partial charge in [-0.25, -0.2) is 18.0 Å². The van der Waals surface area contributed by atoms with Crippen molar-refractivity contribution in [2.24, 2.45) is 0 Å². The van der Waals surface area contributed by atoms with E-state index < -0.39 is 36.7 Å². The zero-order valence-corrected chi connectivity index (χ0v) is 13.2. The van der Waals surface area contributed by atoms with E-state index in [0.717, 1.165) is 5.56 Å². The molecular formula is C17H19F3O3. The Morgan fingerprint density at radius 2 is 1.87 bits per heavy atom. The lowest BCUT2D eigenvalue weighted by Crippen LogP contribution is -2.49. The second-order valence-corrected chi connectivity index (χ2v) is 6.71. The van der Waals surface area contributed by atoms with Crippen LogP contribution in [0.25, 0.3) is 6.08 Å². The Morgan fingerprint density at radius 3 is 2.35 bits per heavy atom. The Hall–Kier alpha value is -1.98. The van der Waals surface area contributed by atoms with Gasteiger partial charge in [-0.05, 0) is 23.1 Å². The van der Waals surface area contributed by atoms with Gasteiger partial charge in [0.2, 0.25) is 5.67 Å². The zero-order valence-electron chi connectivity index (χ0n) is 13.2. The second-order valence-electron chi connectivity index (χ2n) is 6.71. The molecule has 6 heteroatoms. The van der Waals surface area contributed by atoms with E-state index in [9.17, 15) is 23.1 Å². The molecule has 0 saturated carbocycles. The number of carboxylic acid groups (broad SMARTS) is 1.